The summed E-state index contributed by atoms with van der Waals surface area (Å²) in [5.41, 5.74) is 1.89. The number of rotatable bonds is 6. The van der Waals surface area contributed by atoms with E-state index < -0.39 is 11.4 Å². The number of aromatic nitrogens is 1. The van der Waals surface area contributed by atoms with Gasteiger partial charge in [0.1, 0.15) is 0 Å². The maximum atomic E-state index is 11.9. The fraction of sp³-hybridized carbons (Fsp3) is 0.625. The first-order valence-corrected chi connectivity index (χ1v) is 7.37. The van der Waals surface area contributed by atoms with Gasteiger partial charge in [-0.15, -0.1) is 0 Å². The lowest BCUT2D eigenvalue weighted by atomic mass is 9.87. The van der Waals surface area contributed by atoms with Gasteiger partial charge in [-0.25, -0.2) is 0 Å². The summed E-state index contributed by atoms with van der Waals surface area (Å²) in [6.07, 6.45) is 5.52. The van der Waals surface area contributed by atoms with Gasteiger partial charge in [0.2, 0.25) is 0 Å². The smallest absolute Gasteiger partial charge is 0.309 e. The fourth-order valence-corrected chi connectivity index (χ4v) is 2.82. The zero-order chi connectivity index (χ0) is 14.8. The molecule has 0 atom stereocenters. The van der Waals surface area contributed by atoms with E-state index in [1.807, 2.05) is 10.6 Å². The normalized spacial score (nSPS) is 14.3. The molecule has 0 spiro atoms. The van der Waals surface area contributed by atoms with Crippen LogP contribution in [0.1, 0.15) is 50.8 Å². The zero-order valence-electron chi connectivity index (χ0n) is 12.3. The number of hydrogen-bond donors (Lipinski definition) is 1. The predicted molar refractivity (Wildman–Crippen MR) is 78.0 cm³/mol. The SMILES string of the molecule is CC(C)(CCCCn1c2c(ccc1=O)CCC2)C(=O)O. The minimum absolute atomic E-state index is 0.0724. The summed E-state index contributed by atoms with van der Waals surface area (Å²) in [5, 5.41) is 9.07. The molecule has 0 bridgehead atoms. The molecular formula is C16H23NO3. The Labute approximate surface area is 119 Å². The van der Waals surface area contributed by atoms with E-state index in [1.165, 1.54) is 11.3 Å². The summed E-state index contributed by atoms with van der Waals surface area (Å²) >= 11 is 0. The quantitative estimate of drug-likeness (QED) is 0.813. The van der Waals surface area contributed by atoms with Crippen LogP contribution >= 0.6 is 0 Å². The van der Waals surface area contributed by atoms with Crippen molar-refractivity contribution in [3.63, 3.8) is 0 Å². The molecule has 0 unspecified atom stereocenters. The van der Waals surface area contributed by atoms with Crippen LogP contribution in [0.5, 0.6) is 0 Å². The Morgan fingerprint density at radius 2 is 2.05 bits per heavy atom. The Hall–Kier alpha value is -1.58. The molecule has 1 heterocycles. The third-order valence-electron chi connectivity index (χ3n) is 4.26. The van der Waals surface area contributed by atoms with Crippen molar-refractivity contribution in [2.45, 2.75) is 58.9 Å². The average Bonchev–Trinajstić information content (AvgIpc) is 2.84. The number of pyridine rings is 1. The maximum Gasteiger partial charge on any atom is 0.309 e. The zero-order valence-corrected chi connectivity index (χ0v) is 12.3. The molecule has 2 rings (SSSR count). The van der Waals surface area contributed by atoms with Crippen molar-refractivity contribution in [3.05, 3.63) is 33.7 Å². The molecule has 4 nitrogen and oxygen atoms in total. The summed E-state index contributed by atoms with van der Waals surface area (Å²) in [5.74, 6) is -0.754. The van der Waals surface area contributed by atoms with Crippen LogP contribution in [-0.2, 0) is 24.2 Å². The van der Waals surface area contributed by atoms with E-state index >= 15 is 0 Å². The van der Waals surface area contributed by atoms with Crippen LogP contribution in [0.3, 0.4) is 0 Å². The van der Waals surface area contributed by atoms with Crippen LogP contribution in [0.4, 0.5) is 0 Å². The van der Waals surface area contributed by atoms with Crippen LogP contribution in [0.2, 0.25) is 0 Å². The highest BCUT2D eigenvalue weighted by Gasteiger charge is 2.26. The maximum absolute atomic E-state index is 11.9. The second-order valence-electron chi connectivity index (χ2n) is 6.29. The van der Waals surface area contributed by atoms with Gasteiger partial charge in [0, 0.05) is 18.3 Å². The summed E-state index contributed by atoms with van der Waals surface area (Å²) in [4.78, 5) is 23.0. The van der Waals surface area contributed by atoms with Gasteiger partial charge in [0.15, 0.2) is 0 Å². The Morgan fingerprint density at radius 3 is 2.75 bits per heavy atom. The number of carboxylic acids is 1. The van der Waals surface area contributed by atoms with Crippen molar-refractivity contribution in [2.75, 3.05) is 0 Å². The molecule has 4 heteroatoms. The van der Waals surface area contributed by atoms with E-state index in [9.17, 15) is 9.59 Å². The second kappa shape index (κ2) is 5.81. The fourth-order valence-electron chi connectivity index (χ4n) is 2.82. The van der Waals surface area contributed by atoms with Gasteiger partial charge in [-0.05, 0) is 51.5 Å². The number of carboxylic acid groups (broad SMARTS) is 1. The van der Waals surface area contributed by atoms with Gasteiger partial charge in [-0.1, -0.05) is 12.5 Å². The molecule has 0 radical (unpaired) electrons. The average molecular weight is 277 g/mol. The number of fused-ring (bicyclic) bond motifs is 1. The molecule has 20 heavy (non-hydrogen) atoms. The Kier molecular flexibility index (Phi) is 4.31. The first-order valence-electron chi connectivity index (χ1n) is 7.37. The Morgan fingerprint density at radius 1 is 1.30 bits per heavy atom. The molecule has 1 N–H and O–H groups in total. The number of aryl methyl sites for hydroxylation is 1. The van der Waals surface area contributed by atoms with Crippen LogP contribution in [-0.4, -0.2) is 15.6 Å². The van der Waals surface area contributed by atoms with Gasteiger partial charge in [-0.2, -0.15) is 0 Å². The van der Waals surface area contributed by atoms with Gasteiger partial charge in [0.25, 0.3) is 5.56 Å². The molecule has 0 saturated carbocycles. The molecule has 110 valence electrons. The van der Waals surface area contributed by atoms with Crippen molar-refractivity contribution in [1.29, 1.82) is 0 Å². The van der Waals surface area contributed by atoms with Crippen LogP contribution < -0.4 is 5.56 Å². The summed E-state index contributed by atoms with van der Waals surface area (Å²) in [6.45, 7) is 4.21. The molecule has 0 amide bonds. The molecular weight excluding hydrogens is 254 g/mol. The third kappa shape index (κ3) is 3.11. The van der Waals surface area contributed by atoms with Crippen molar-refractivity contribution in [3.8, 4) is 0 Å². The molecule has 0 fully saturated rings. The monoisotopic (exact) mass is 277 g/mol. The second-order valence-corrected chi connectivity index (χ2v) is 6.29. The van der Waals surface area contributed by atoms with E-state index in [0.29, 0.717) is 13.0 Å². The molecule has 1 aromatic rings. The number of nitrogens with zero attached hydrogens (tertiary/aromatic N) is 1. The van der Waals surface area contributed by atoms with Crippen molar-refractivity contribution >= 4 is 5.97 Å². The standard InChI is InChI=1S/C16H23NO3/c1-16(2,15(19)20)10-3-4-11-17-13-7-5-6-12(13)8-9-14(17)18/h8-9H,3-7,10-11H2,1-2H3,(H,19,20). The number of unbranched alkanes of at least 4 members (excludes halogenated alkanes) is 1. The van der Waals surface area contributed by atoms with E-state index in [4.69, 9.17) is 5.11 Å². The topological polar surface area (TPSA) is 59.3 Å². The lowest BCUT2D eigenvalue weighted by Crippen LogP contribution is -2.25. The van der Waals surface area contributed by atoms with Crippen molar-refractivity contribution < 1.29 is 9.90 Å². The minimum atomic E-state index is -0.754. The molecule has 1 aliphatic carbocycles. The summed E-state index contributed by atoms with van der Waals surface area (Å²) in [6, 6.07) is 3.61. The van der Waals surface area contributed by atoms with Gasteiger partial charge >= 0.3 is 5.97 Å². The summed E-state index contributed by atoms with van der Waals surface area (Å²) in [7, 11) is 0. The molecule has 1 aliphatic rings. The first kappa shape index (κ1) is 14.8. The van der Waals surface area contributed by atoms with Gasteiger partial charge < -0.3 is 9.67 Å². The molecule has 0 aromatic carbocycles. The Bertz CT molecular complexity index is 557. The van der Waals surface area contributed by atoms with E-state index in [1.54, 1.807) is 19.9 Å². The lowest BCUT2D eigenvalue weighted by molar-refractivity contribution is -0.147. The predicted octanol–water partition coefficient (Wildman–Crippen LogP) is 2.62. The molecule has 1 aromatic heterocycles. The minimum Gasteiger partial charge on any atom is -0.481 e. The highest BCUT2D eigenvalue weighted by atomic mass is 16.4. The van der Waals surface area contributed by atoms with Gasteiger partial charge in [0.05, 0.1) is 5.41 Å². The first-order chi connectivity index (χ1) is 9.42. The van der Waals surface area contributed by atoms with E-state index in [-0.39, 0.29) is 5.56 Å². The Balaban J connectivity index is 1.94. The highest BCUT2D eigenvalue weighted by molar-refractivity contribution is 5.73. The lowest BCUT2D eigenvalue weighted by Gasteiger charge is -2.19. The van der Waals surface area contributed by atoms with Crippen molar-refractivity contribution in [2.24, 2.45) is 5.41 Å². The van der Waals surface area contributed by atoms with Crippen LogP contribution in [0, 0.1) is 5.41 Å². The van der Waals surface area contributed by atoms with E-state index in [2.05, 4.69) is 0 Å². The number of aliphatic carboxylic acids is 1. The number of hydrogen-bond acceptors (Lipinski definition) is 2. The third-order valence-corrected chi connectivity index (χ3v) is 4.26. The molecule has 0 aliphatic heterocycles. The van der Waals surface area contributed by atoms with Crippen LogP contribution in [0.25, 0.3) is 0 Å². The van der Waals surface area contributed by atoms with Crippen molar-refractivity contribution in [1.82, 2.24) is 4.57 Å². The molecule has 0 saturated heterocycles. The summed E-state index contributed by atoms with van der Waals surface area (Å²) < 4.78 is 1.89. The largest absolute Gasteiger partial charge is 0.481 e. The highest BCUT2D eigenvalue weighted by Crippen LogP contribution is 2.24. The number of carbonyl (C=O) groups is 1. The van der Waals surface area contributed by atoms with E-state index in [0.717, 1.165) is 32.1 Å². The van der Waals surface area contributed by atoms with Crippen LogP contribution in [0.15, 0.2) is 16.9 Å². The van der Waals surface area contributed by atoms with Gasteiger partial charge in [-0.3, -0.25) is 9.59 Å².